The molecule has 1 saturated heterocycles. The van der Waals surface area contributed by atoms with E-state index in [4.69, 9.17) is 10.5 Å². The molecule has 0 bridgehead atoms. The van der Waals surface area contributed by atoms with Crippen molar-refractivity contribution in [2.24, 2.45) is 11.1 Å². The first-order chi connectivity index (χ1) is 8.01. The van der Waals surface area contributed by atoms with Gasteiger partial charge in [-0.3, -0.25) is 0 Å². The molecule has 0 saturated carbocycles. The van der Waals surface area contributed by atoms with Crippen LogP contribution >= 0.6 is 11.3 Å². The van der Waals surface area contributed by atoms with Gasteiger partial charge in [0.1, 0.15) is 5.01 Å². The summed E-state index contributed by atoms with van der Waals surface area (Å²) in [5.74, 6) is 0. The highest BCUT2D eigenvalue weighted by Gasteiger charge is 2.37. The summed E-state index contributed by atoms with van der Waals surface area (Å²) in [6.45, 7) is 8.62. The lowest BCUT2D eigenvalue weighted by molar-refractivity contribution is 0.156. The SMILES string of the molecule is Cc1csc(C(C)NCC2(C)COCC2N)n1. The van der Waals surface area contributed by atoms with Crippen LogP contribution in [-0.2, 0) is 4.74 Å². The highest BCUT2D eigenvalue weighted by atomic mass is 32.1. The van der Waals surface area contributed by atoms with E-state index in [1.54, 1.807) is 11.3 Å². The van der Waals surface area contributed by atoms with Gasteiger partial charge in [-0.1, -0.05) is 6.92 Å². The van der Waals surface area contributed by atoms with E-state index in [2.05, 4.69) is 29.5 Å². The van der Waals surface area contributed by atoms with Crippen LogP contribution in [-0.4, -0.2) is 30.8 Å². The van der Waals surface area contributed by atoms with Gasteiger partial charge in [-0.2, -0.15) is 0 Å². The molecule has 0 spiro atoms. The fourth-order valence-corrected chi connectivity index (χ4v) is 2.78. The van der Waals surface area contributed by atoms with Crippen molar-refractivity contribution in [2.75, 3.05) is 19.8 Å². The van der Waals surface area contributed by atoms with Crippen LogP contribution in [0.25, 0.3) is 0 Å². The van der Waals surface area contributed by atoms with Gasteiger partial charge >= 0.3 is 0 Å². The van der Waals surface area contributed by atoms with E-state index in [9.17, 15) is 0 Å². The van der Waals surface area contributed by atoms with E-state index < -0.39 is 0 Å². The molecule has 1 aromatic rings. The molecule has 0 aromatic carbocycles. The van der Waals surface area contributed by atoms with Crippen LogP contribution < -0.4 is 11.1 Å². The normalized spacial score (nSPS) is 30.7. The fraction of sp³-hybridized carbons (Fsp3) is 0.750. The van der Waals surface area contributed by atoms with Crippen LogP contribution in [0, 0.1) is 12.3 Å². The zero-order valence-corrected chi connectivity index (χ0v) is 11.5. The summed E-state index contributed by atoms with van der Waals surface area (Å²) in [7, 11) is 0. The molecule has 1 fully saturated rings. The molecule has 17 heavy (non-hydrogen) atoms. The van der Waals surface area contributed by atoms with Crippen molar-refractivity contribution >= 4 is 11.3 Å². The van der Waals surface area contributed by atoms with Gasteiger partial charge in [-0.25, -0.2) is 4.98 Å². The highest BCUT2D eigenvalue weighted by molar-refractivity contribution is 7.09. The second-order valence-electron chi connectivity index (χ2n) is 5.21. The third-order valence-electron chi connectivity index (χ3n) is 3.44. The molecule has 0 radical (unpaired) electrons. The summed E-state index contributed by atoms with van der Waals surface area (Å²) >= 11 is 1.70. The van der Waals surface area contributed by atoms with Crippen LogP contribution in [0.4, 0.5) is 0 Å². The molecule has 3 unspecified atom stereocenters. The number of nitrogens with one attached hydrogen (secondary N) is 1. The highest BCUT2D eigenvalue weighted by Crippen LogP contribution is 2.27. The van der Waals surface area contributed by atoms with Crippen molar-refractivity contribution in [2.45, 2.75) is 32.9 Å². The predicted molar refractivity (Wildman–Crippen MR) is 70.2 cm³/mol. The first-order valence-electron chi connectivity index (χ1n) is 6.00. The number of nitrogens with zero attached hydrogens (tertiary/aromatic N) is 1. The third-order valence-corrected chi connectivity index (χ3v) is 4.59. The lowest BCUT2D eigenvalue weighted by Gasteiger charge is -2.28. The third kappa shape index (κ3) is 2.85. The molecule has 4 nitrogen and oxygen atoms in total. The molecule has 1 aliphatic heterocycles. The molecular formula is C12H21N3OS. The van der Waals surface area contributed by atoms with Gasteiger partial charge in [-0.15, -0.1) is 11.3 Å². The number of thiazole rings is 1. The summed E-state index contributed by atoms with van der Waals surface area (Å²) in [4.78, 5) is 4.49. The maximum absolute atomic E-state index is 6.06. The van der Waals surface area contributed by atoms with E-state index in [1.807, 2.05) is 6.92 Å². The van der Waals surface area contributed by atoms with Crippen LogP contribution in [0.1, 0.15) is 30.6 Å². The topological polar surface area (TPSA) is 60.2 Å². The minimum absolute atomic E-state index is 0.0422. The largest absolute Gasteiger partial charge is 0.379 e. The van der Waals surface area contributed by atoms with E-state index >= 15 is 0 Å². The van der Waals surface area contributed by atoms with Gasteiger partial charge < -0.3 is 15.8 Å². The number of hydrogen-bond donors (Lipinski definition) is 2. The first-order valence-corrected chi connectivity index (χ1v) is 6.88. The van der Waals surface area contributed by atoms with Gasteiger partial charge in [0.05, 0.1) is 19.3 Å². The average Bonchev–Trinajstić information content (AvgIpc) is 2.84. The van der Waals surface area contributed by atoms with E-state index in [0.717, 1.165) is 23.9 Å². The zero-order chi connectivity index (χ0) is 12.5. The maximum Gasteiger partial charge on any atom is 0.110 e. The van der Waals surface area contributed by atoms with Crippen molar-refractivity contribution < 1.29 is 4.74 Å². The Balaban J connectivity index is 1.90. The number of aryl methyl sites for hydroxylation is 1. The Bertz CT molecular complexity index is 382. The summed E-state index contributed by atoms with van der Waals surface area (Å²) < 4.78 is 5.44. The number of rotatable bonds is 4. The van der Waals surface area contributed by atoms with E-state index in [-0.39, 0.29) is 17.5 Å². The van der Waals surface area contributed by atoms with Gasteiger partial charge in [0.15, 0.2) is 0 Å². The Hall–Kier alpha value is -0.490. The second-order valence-corrected chi connectivity index (χ2v) is 6.10. The molecule has 2 rings (SSSR count). The number of hydrogen-bond acceptors (Lipinski definition) is 5. The quantitative estimate of drug-likeness (QED) is 0.855. The molecule has 1 aromatic heterocycles. The van der Waals surface area contributed by atoms with Crippen molar-refractivity contribution in [1.82, 2.24) is 10.3 Å². The van der Waals surface area contributed by atoms with Crippen molar-refractivity contribution in [1.29, 1.82) is 0 Å². The molecule has 3 atom stereocenters. The van der Waals surface area contributed by atoms with Crippen LogP contribution in [0.5, 0.6) is 0 Å². The van der Waals surface area contributed by atoms with Crippen molar-refractivity contribution in [3.8, 4) is 0 Å². The summed E-state index contributed by atoms with van der Waals surface area (Å²) in [5.41, 5.74) is 7.20. The Kier molecular flexibility index (Phi) is 3.82. The standard InChI is InChI=1S/C12H21N3OS/c1-8-5-17-11(15-8)9(2)14-6-12(3)7-16-4-10(12)13/h5,9-10,14H,4,6-7,13H2,1-3H3. The summed E-state index contributed by atoms with van der Waals surface area (Å²) in [5, 5.41) is 6.73. The van der Waals surface area contributed by atoms with Gasteiger partial charge in [0.2, 0.25) is 0 Å². The molecule has 0 aliphatic carbocycles. The van der Waals surface area contributed by atoms with Gasteiger partial charge in [0, 0.05) is 29.1 Å². The Labute approximate surface area is 107 Å². The summed E-state index contributed by atoms with van der Waals surface area (Å²) in [6.07, 6.45) is 0. The van der Waals surface area contributed by atoms with E-state index in [0.29, 0.717) is 6.61 Å². The molecule has 1 aliphatic rings. The van der Waals surface area contributed by atoms with Crippen molar-refractivity contribution in [3.63, 3.8) is 0 Å². The maximum atomic E-state index is 6.06. The molecule has 0 amide bonds. The van der Waals surface area contributed by atoms with Gasteiger partial charge in [-0.05, 0) is 13.8 Å². The number of nitrogens with two attached hydrogens (primary N) is 1. The van der Waals surface area contributed by atoms with Gasteiger partial charge in [0.25, 0.3) is 0 Å². The van der Waals surface area contributed by atoms with Crippen LogP contribution in [0.15, 0.2) is 5.38 Å². The Morgan fingerprint density at radius 2 is 2.53 bits per heavy atom. The predicted octanol–water partition coefficient (Wildman–Crippen LogP) is 1.47. The minimum atomic E-state index is 0.0422. The lowest BCUT2D eigenvalue weighted by Crippen LogP contribution is -2.45. The van der Waals surface area contributed by atoms with Crippen LogP contribution in [0.3, 0.4) is 0 Å². The minimum Gasteiger partial charge on any atom is -0.379 e. The fourth-order valence-electron chi connectivity index (χ4n) is 1.95. The first kappa shape index (κ1) is 13.0. The number of ether oxygens (including phenoxy) is 1. The molecule has 3 N–H and O–H groups in total. The van der Waals surface area contributed by atoms with Crippen molar-refractivity contribution in [3.05, 3.63) is 16.1 Å². The molecule has 96 valence electrons. The number of aromatic nitrogens is 1. The second kappa shape index (κ2) is 5.02. The Morgan fingerprint density at radius 3 is 3.06 bits per heavy atom. The molecular weight excluding hydrogens is 234 g/mol. The Morgan fingerprint density at radius 1 is 1.76 bits per heavy atom. The average molecular weight is 255 g/mol. The van der Waals surface area contributed by atoms with E-state index in [1.165, 1.54) is 0 Å². The monoisotopic (exact) mass is 255 g/mol. The summed E-state index contributed by atoms with van der Waals surface area (Å²) in [6, 6.07) is 0.401. The smallest absolute Gasteiger partial charge is 0.110 e. The van der Waals surface area contributed by atoms with Crippen LogP contribution in [0.2, 0.25) is 0 Å². The molecule has 2 heterocycles. The molecule has 5 heteroatoms. The lowest BCUT2D eigenvalue weighted by atomic mass is 9.85. The zero-order valence-electron chi connectivity index (χ0n) is 10.7.